The van der Waals surface area contributed by atoms with Gasteiger partial charge in [0.1, 0.15) is 12.2 Å². The van der Waals surface area contributed by atoms with E-state index in [2.05, 4.69) is 19.9 Å². The van der Waals surface area contributed by atoms with Crippen LogP contribution in [0.3, 0.4) is 0 Å². The van der Waals surface area contributed by atoms with Crippen LogP contribution in [0.5, 0.6) is 0 Å². The van der Waals surface area contributed by atoms with Crippen molar-refractivity contribution >= 4 is 11.9 Å². The number of ether oxygens (including phenoxy) is 2. The average molecular weight is 403 g/mol. The highest BCUT2D eigenvalue weighted by Gasteiger charge is 2.60. The molecule has 0 unspecified atom stereocenters. The molecule has 0 N–H and O–H groups in total. The van der Waals surface area contributed by atoms with Crippen LogP contribution in [-0.4, -0.2) is 24.1 Å². The van der Waals surface area contributed by atoms with Gasteiger partial charge in [0, 0.05) is 18.8 Å². The van der Waals surface area contributed by atoms with E-state index >= 15 is 0 Å². The fourth-order valence-corrected chi connectivity index (χ4v) is 7.57. The number of carbonyl (C=O) groups excluding carboxylic acids is 2. The van der Waals surface area contributed by atoms with Gasteiger partial charge in [-0.1, -0.05) is 26.3 Å². The van der Waals surface area contributed by atoms with Gasteiger partial charge in [0.2, 0.25) is 0 Å². The minimum absolute atomic E-state index is 0.00822. The zero-order valence-corrected chi connectivity index (χ0v) is 18.7. The Morgan fingerprint density at radius 3 is 2.55 bits per heavy atom. The molecule has 0 heterocycles. The molecule has 4 heteroatoms. The fourth-order valence-electron chi connectivity index (χ4n) is 7.57. The molecule has 0 aromatic carbocycles. The van der Waals surface area contributed by atoms with Crippen molar-refractivity contribution < 1.29 is 19.1 Å². The third-order valence-electron chi connectivity index (χ3n) is 9.03. The molecule has 0 aliphatic heterocycles. The molecule has 0 aromatic heterocycles. The molecule has 4 aliphatic rings. The van der Waals surface area contributed by atoms with E-state index in [1.54, 1.807) is 0 Å². The summed E-state index contributed by atoms with van der Waals surface area (Å²) in [5.41, 5.74) is 1.93. The summed E-state index contributed by atoms with van der Waals surface area (Å²) in [4.78, 5) is 23.6. The van der Waals surface area contributed by atoms with Crippen molar-refractivity contribution in [2.45, 2.75) is 104 Å². The van der Waals surface area contributed by atoms with Gasteiger partial charge in [0.25, 0.3) is 0 Å². The molecule has 0 aromatic rings. The molecule has 0 bridgehead atoms. The van der Waals surface area contributed by atoms with Gasteiger partial charge >= 0.3 is 11.9 Å². The normalized spacial score (nSPS) is 43.4. The van der Waals surface area contributed by atoms with E-state index in [4.69, 9.17) is 9.47 Å². The standard InChI is InChI=1S/C25H38O4/c1-5-6-23(27)29-22-10-9-20-19-8-7-17-15-18(28-16(2)26)11-13-24(17,3)21(19)12-14-25(20,22)4/h15,18-22H,5-14H2,1-4H3/t18-,19-,20-,21-,22-,24-,25-/m0/s1. The molecule has 0 radical (unpaired) electrons. The van der Waals surface area contributed by atoms with Gasteiger partial charge in [-0.15, -0.1) is 0 Å². The van der Waals surface area contributed by atoms with E-state index in [0.29, 0.717) is 18.3 Å². The van der Waals surface area contributed by atoms with Crippen molar-refractivity contribution in [1.29, 1.82) is 0 Å². The lowest BCUT2D eigenvalue weighted by atomic mass is 9.47. The van der Waals surface area contributed by atoms with Gasteiger partial charge in [-0.2, -0.15) is 0 Å². The summed E-state index contributed by atoms with van der Waals surface area (Å²) >= 11 is 0. The summed E-state index contributed by atoms with van der Waals surface area (Å²) in [6.07, 6.45) is 12.8. The van der Waals surface area contributed by atoms with Gasteiger partial charge < -0.3 is 9.47 Å². The zero-order valence-electron chi connectivity index (χ0n) is 18.7. The molecule has 4 nitrogen and oxygen atoms in total. The molecule has 0 spiro atoms. The SMILES string of the molecule is CCCC(=O)O[C@H]1CC[C@H]2[C@@H]3CCC4=C[C@@H](OC(C)=O)CC[C@]4(C)[C@H]3CC[C@]12C. The minimum Gasteiger partial charge on any atom is -0.462 e. The third kappa shape index (κ3) is 3.55. The lowest BCUT2D eigenvalue weighted by molar-refractivity contribution is -0.160. The third-order valence-corrected chi connectivity index (χ3v) is 9.03. The molecule has 162 valence electrons. The summed E-state index contributed by atoms with van der Waals surface area (Å²) in [6.45, 7) is 8.41. The summed E-state index contributed by atoms with van der Waals surface area (Å²) in [5, 5.41) is 0. The first-order chi connectivity index (χ1) is 13.8. The van der Waals surface area contributed by atoms with Crippen molar-refractivity contribution in [3.8, 4) is 0 Å². The van der Waals surface area contributed by atoms with Crippen molar-refractivity contribution in [2.24, 2.45) is 28.6 Å². The Hall–Kier alpha value is -1.32. The lowest BCUT2D eigenvalue weighted by Crippen LogP contribution is -2.52. The second kappa shape index (κ2) is 7.74. The molecular weight excluding hydrogens is 364 g/mol. The molecule has 4 rings (SSSR count). The Kier molecular flexibility index (Phi) is 5.59. The van der Waals surface area contributed by atoms with Crippen LogP contribution in [0.2, 0.25) is 0 Å². The smallest absolute Gasteiger partial charge is 0.306 e. The maximum Gasteiger partial charge on any atom is 0.306 e. The van der Waals surface area contributed by atoms with Crippen LogP contribution < -0.4 is 0 Å². The van der Waals surface area contributed by atoms with Gasteiger partial charge in [-0.3, -0.25) is 9.59 Å². The number of fused-ring (bicyclic) bond motifs is 5. The van der Waals surface area contributed by atoms with Crippen molar-refractivity contribution in [3.63, 3.8) is 0 Å². The van der Waals surface area contributed by atoms with Crippen LogP contribution in [-0.2, 0) is 19.1 Å². The highest BCUT2D eigenvalue weighted by molar-refractivity contribution is 5.69. The minimum atomic E-state index is -0.174. The molecule has 0 amide bonds. The van der Waals surface area contributed by atoms with Crippen molar-refractivity contribution in [3.05, 3.63) is 11.6 Å². The Bertz CT molecular complexity index is 697. The van der Waals surface area contributed by atoms with E-state index in [9.17, 15) is 9.59 Å². The van der Waals surface area contributed by atoms with Crippen LogP contribution in [0.4, 0.5) is 0 Å². The Morgan fingerprint density at radius 1 is 1.03 bits per heavy atom. The predicted molar refractivity (Wildman–Crippen MR) is 112 cm³/mol. The van der Waals surface area contributed by atoms with Crippen molar-refractivity contribution in [1.82, 2.24) is 0 Å². The molecular formula is C25H38O4. The summed E-state index contributed by atoms with van der Waals surface area (Å²) in [7, 11) is 0. The first kappa shape index (κ1) is 20.9. The number of carbonyl (C=O) groups is 2. The number of hydrogen-bond donors (Lipinski definition) is 0. The second-order valence-electron chi connectivity index (χ2n) is 10.6. The first-order valence-corrected chi connectivity index (χ1v) is 11.9. The molecule has 3 saturated carbocycles. The molecule has 29 heavy (non-hydrogen) atoms. The van der Waals surface area contributed by atoms with E-state index in [1.807, 2.05) is 6.92 Å². The monoisotopic (exact) mass is 402 g/mol. The van der Waals surface area contributed by atoms with Gasteiger partial charge in [-0.25, -0.2) is 0 Å². The molecule has 7 atom stereocenters. The summed E-state index contributed by atoms with van der Waals surface area (Å²) < 4.78 is 11.5. The topological polar surface area (TPSA) is 52.6 Å². The zero-order chi connectivity index (χ0) is 20.8. The van der Waals surface area contributed by atoms with E-state index in [0.717, 1.165) is 38.0 Å². The van der Waals surface area contributed by atoms with Crippen LogP contribution >= 0.6 is 0 Å². The second-order valence-corrected chi connectivity index (χ2v) is 10.6. The summed E-state index contributed by atoms with van der Waals surface area (Å²) in [5.74, 6) is 1.93. The van der Waals surface area contributed by atoms with E-state index < -0.39 is 0 Å². The van der Waals surface area contributed by atoms with E-state index in [1.165, 1.54) is 38.2 Å². The number of allylic oxidation sites excluding steroid dienone is 1. The molecule has 4 aliphatic carbocycles. The Labute approximate surface area is 175 Å². The van der Waals surface area contributed by atoms with Gasteiger partial charge in [-0.05, 0) is 87.0 Å². The Balaban J connectivity index is 1.51. The van der Waals surface area contributed by atoms with Crippen LogP contribution in [0.1, 0.15) is 91.9 Å². The van der Waals surface area contributed by atoms with Gasteiger partial charge in [0.15, 0.2) is 0 Å². The largest absolute Gasteiger partial charge is 0.462 e. The summed E-state index contributed by atoms with van der Waals surface area (Å²) in [6, 6.07) is 0. The fraction of sp³-hybridized carbons (Fsp3) is 0.840. The maximum atomic E-state index is 12.2. The van der Waals surface area contributed by atoms with Crippen LogP contribution in [0.25, 0.3) is 0 Å². The number of esters is 2. The van der Waals surface area contributed by atoms with Crippen LogP contribution in [0, 0.1) is 28.6 Å². The van der Waals surface area contributed by atoms with E-state index in [-0.39, 0.29) is 35.0 Å². The maximum absolute atomic E-state index is 12.2. The first-order valence-electron chi connectivity index (χ1n) is 11.9. The predicted octanol–water partition coefficient (Wildman–Crippen LogP) is 5.59. The molecule has 0 saturated heterocycles. The quantitative estimate of drug-likeness (QED) is 0.454. The molecule has 3 fully saturated rings. The van der Waals surface area contributed by atoms with Crippen molar-refractivity contribution in [2.75, 3.05) is 0 Å². The highest BCUT2D eigenvalue weighted by atomic mass is 16.5. The highest BCUT2D eigenvalue weighted by Crippen LogP contribution is 2.65. The number of hydrogen-bond acceptors (Lipinski definition) is 4. The van der Waals surface area contributed by atoms with Gasteiger partial charge in [0.05, 0.1) is 0 Å². The number of rotatable bonds is 4. The lowest BCUT2D eigenvalue weighted by Gasteiger charge is -2.58. The van der Waals surface area contributed by atoms with Crippen LogP contribution in [0.15, 0.2) is 11.6 Å². The average Bonchev–Trinajstić information content (AvgIpc) is 2.98. The Morgan fingerprint density at radius 2 is 1.83 bits per heavy atom.